The van der Waals surface area contributed by atoms with Crippen LogP contribution in [0.2, 0.25) is 0 Å². The van der Waals surface area contributed by atoms with Crippen molar-refractivity contribution in [2.24, 2.45) is 4.99 Å². The summed E-state index contributed by atoms with van der Waals surface area (Å²) in [4.78, 5) is 6.68. The van der Waals surface area contributed by atoms with Gasteiger partial charge >= 0.3 is 7.12 Å². The van der Waals surface area contributed by atoms with E-state index in [1.165, 1.54) is 0 Å². The van der Waals surface area contributed by atoms with Crippen LogP contribution >= 0.6 is 0 Å². The average Bonchev–Trinajstić information content (AvgIpc) is 2.67. The lowest BCUT2D eigenvalue weighted by Crippen LogP contribution is -2.41. The summed E-state index contributed by atoms with van der Waals surface area (Å²) in [6, 6.07) is 4.24. The summed E-state index contributed by atoms with van der Waals surface area (Å²) < 4.78 is 12.4. The third-order valence-electron chi connectivity index (χ3n) is 4.96. The number of nitrogens with zero attached hydrogens (tertiary/aromatic N) is 2. The van der Waals surface area contributed by atoms with E-state index in [0.717, 1.165) is 28.8 Å². The van der Waals surface area contributed by atoms with E-state index in [0.29, 0.717) is 0 Å². The summed E-state index contributed by atoms with van der Waals surface area (Å²) in [6.07, 6.45) is 1.87. The monoisotopic (exact) mass is 316 g/mol. The molecule has 1 aliphatic heterocycles. The van der Waals surface area contributed by atoms with Gasteiger partial charge in [-0.15, -0.1) is 0 Å². The second-order valence-corrected chi connectivity index (χ2v) is 7.40. The zero-order valence-corrected chi connectivity index (χ0v) is 15.7. The van der Waals surface area contributed by atoms with E-state index in [1.54, 1.807) is 0 Å². The van der Waals surface area contributed by atoms with Gasteiger partial charge in [0.2, 0.25) is 0 Å². The predicted octanol–water partition coefficient (Wildman–Crippen LogP) is 3.21. The smallest absolute Gasteiger partial charge is 0.399 e. The zero-order chi connectivity index (χ0) is 17.4. The molecule has 1 fully saturated rings. The molecule has 1 aliphatic rings. The molecule has 0 unspecified atom stereocenters. The summed E-state index contributed by atoms with van der Waals surface area (Å²) in [5.41, 5.74) is 3.63. The molecule has 0 atom stereocenters. The minimum Gasteiger partial charge on any atom is -0.399 e. The first-order valence-corrected chi connectivity index (χ1v) is 8.28. The van der Waals surface area contributed by atoms with Gasteiger partial charge in [-0.1, -0.05) is 6.07 Å². The molecule has 4 nitrogen and oxygen atoms in total. The zero-order valence-electron chi connectivity index (χ0n) is 15.7. The van der Waals surface area contributed by atoms with Gasteiger partial charge in [0, 0.05) is 13.6 Å². The van der Waals surface area contributed by atoms with Crippen molar-refractivity contribution in [1.29, 1.82) is 0 Å². The summed E-state index contributed by atoms with van der Waals surface area (Å²) in [5.74, 6) is 0. The SMILES string of the molecule is CCN(C)/C=N\c1cc(C)cc(B2OC(C)(C)C(C)(C)O2)c1C. The number of benzene rings is 1. The number of rotatable bonds is 4. The number of aliphatic imine (C=N–C) groups is 1. The Hall–Kier alpha value is -1.33. The van der Waals surface area contributed by atoms with Gasteiger partial charge in [-0.2, -0.15) is 0 Å². The molecule has 0 aromatic heterocycles. The highest BCUT2D eigenvalue weighted by molar-refractivity contribution is 6.62. The van der Waals surface area contributed by atoms with Crippen LogP contribution in [0.25, 0.3) is 0 Å². The lowest BCUT2D eigenvalue weighted by atomic mass is 9.75. The minimum atomic E-state index is -0.349. The van der Waals surface area contributed by atoms with E-state index in [2.05, 4.69) is 70.5 Å². The summed E-state index contributed by atoms with van der Waals surface area (Å²) in [6.45, 7) is 15.5. The Labute approximate surface area is 141 Å². The largest absolute Gasteiger partial charge is 0.495 e. The topological polar surface area (TPSA) is 34.1 Å². The molecular weight excluding hydrogens is 287 g/mol. The third-order valence-corrected chi connectivity index (χ3v) is 4.96. The molecule has 0 radical (unpaired) electrons. The average molecular weight is 316 g/mol. The van der Waals surface area contributed by atoms with Crippen molar-refractivity contribution < 1.29 is 9.31 Å². The van der Waals surface area contributed by atoms with Crippen LogP contribution in [0, 0.1) is 13.8 Å². The van der Waals surface area contributed by atoms with Gasteiger partial charge in [0.25, 0.3) is 0 Å². The second kappa shape index (κ2) is 6.29. The fourth-order valence-electron chi connectivity index (χ4n) is 2.46. The molecule has 0 aliphatic carbocycles. The van der Waals surface area contributed by atoms with Gasteiger partial charge in [0.1, 0.15) is 0 Å². The first kappa shape index (κ1) is 18.0. The summed E-state index contributed by atoms with van der Waals surface area (Å²) in [7, 11) is 1.67. The summed E-state index contributed by atoms with van der Waals surface area (Å²) in [5, 5.41) is 0. The van der Waals surface area contributed by atoms with Crippen LogP contribution in [0.5, 0.6) is 0 Å². The normalized spacial score (nSPS) is 19.6. The van der Waals surface area contributed by atoms with Crippen LogP contribution in [0.4, 0.5) is 5.69 Å². The highest BCUT2D eigenvalue weighted by Gasteiger charge is 2.52. The fraction of sp³-hybridized carbons (Fsp3) is 0.611. The molecule has 1 aromatic carbocycles. The van der Waals surface area contributed by atoms with E-state index in [1.807, 2.05) is 13.4 Å². The van der Waals surface area contributed by atoms with Crippen molar-refractivity contribution in [1.82, 2.24) is 4.90 Å². The van der Waals surface area contributed by atoms with E-state index in [9.17, 15) is 0 Å². The Morgan fingerprint density at radius 3 is 2.22 bits per heavy atom. The van der Waals surface area contributed by atoms with Crippen LogP contribution < -0.4 is 5.46 Å². The molecule has 0 bridgehead atoms. The van der Waals surface area contributed by atoms with Crippen molar-refractivity contribution >= 4 is 24.6 Å². The molecule has 1 heterocycles. The van der Waals surface area contributed by atoms with Gasteiger partial charge in [0.15, 0.2) is 0 Å². The van der Waals surface area contributed by atoms with Crippen LogP contribution in [-0.2, 0) is 9.31 Å². The number of hydrogen-bond donors (Lipinski definition) is 0. The van der Waals surface area contributed by atoms with Crippen LogP contribution in [0.3, 0.4) is 0 Å². The van der Waals surface area contributed by atoms with E-state index < -0.39 is 0 Å². The quantitative estimate of drug-likeness (QED) is 0.486. The fourth-order valence-corrected chi connectivity index (χ4v) is 2.46. The summed E-state index contributed by atoms with van der Waals surface area (Å²) >= 11 is 0. The van der Waals surface area contributed by atoms with E-state index in [-0.39, 0.29) is 18.3 Å². The van der Waals surface area contributed by atoms with Crippen molar-refractivity contribution in [3.05, 3.63) is 23.3 Å². The van der Waals surface area contributed by atoms with Crippen LogP contribution in [0.1, 0.15) is 45.7 Å². The number of aryl methyl sites for hydroxylation is 1. The van der Waals surface area contributed by atoms with Gasteiger partial charge in [-0.05, 0) is 71.1 Å². The molecule has 126 valence electrons. The first-order valence-electron chi connectivity index (χ1n) is 8.28. The first-order chi connectivity index (χ1) is 10.6. The molecule has 23 heavy (non-hydrogen) atoms. The lowest BCUT2D eigenvalue weighted by molar-refractivity contribution is 0.00578. The van der Waals surface area contributed by atoms with Crippen molar-refractivity contribution in [3.63, 3.8) is 0 Å². The van der Waals surface area contributed by atoms with Crippen LogP contribution in [0.15, 0.2) is 17.1 Å². The predicted molar refractivity (Wildman–Crippen MR) is 98.1 cm³/mol. The maximum absolute atomic E-state index is 6.20. The highest BCUT2D eigenvalue weighted by atomic mass is 16.7. The van der Waals surface area contributed by atoms with Crippen molar-refractivity contribution in [2.45, 2.75) is 59.7 Å². The van der Waals surface area contributed by atoms with E-state index >= 15 is 0 Å². The lowest BCUT2D eigenvalue weighted by Gasteiger charge is -2.32. The minimum absolute atomic E-state index is 0.334. The Balaban J connectivity index is 2.38. The molecule has 0 spiro atoms. The van der Waals surface area contributed by atoms with Gasteiger partial charge in [-0.3, -0.25) is 0 Å². The Kier molecular flexibility index (Phi) is 4.93. The molecule has 1 saturated heterocycles. The van der Waals surface area contributed by atoms with Crippen molar-refractivity contribution in [3.8, 4) is 0 Å². The molecule has 0 N–H and O–H groups in total. The maximum Gasteiger partial charge on any atom is 0.495 e. The standard InChI is InChI=1S/C18H29BN2O2/c1-9-21(8)12-20-16-11-13(2)10-15(14(16)3)19-22-17(4,5)18(6,7)23-19/h10-12H,9H2,1-8H3/b20-12-. The second-order valence-electron chi connectivity index (χ2n) is 7.40. The molecule has 5 heteroatoms. The Morgan fingerprint density at radius 1 is 1.13 bits per heavy atom. The van der Waals surface area contributed by atoms with E-state index in [4.69, 9.17) is 9.31 Å². The highest BCUT2D eigenvalue weighted by Crippen LogP contribution is 2.37. The molecule has 1 aromatic rings. The third kappa shape index (κ3) is 3.61. The van der Waals surface area contributed by atoms with Gasteiger partial charge < -0.3 is 14.2 Å². The molecule has 2 rings (SSSR count). The Morgan fingerprint density at radius 2 is 1.70 bits per heavy atom. The van der Waals surface area contributed by atoms with Crippen molar-refractivity contribution in [2.75, 3.05) is 13.6 Å². The van der Waals surface area contributed by atoms with Gasteiger partial charge in [-0.25, -0.2) is 4.99 Å². The van der Waals surface area contributed by atoms with Gasteiger partial charge in [0.05, 0.1) is 23.2 Å². The maximum atomic E-state index is 6.20. The molecular formula is C18H29BN2O2. The Bertz CT molecular complexity index is 595. The molecule has 0 amide bonds. The molecule has 0 saturated carbocycles. The van der Waals surface area contributed by atoms with Crippen LogP contribution in [-0.4, -0.2) is 43.2 Å². The number of hydrogen-bond acceptors (Lipinski definition) is 3.